The lowest BCUT2D eigenvalue weighted by Crippen LogP contribution is -2.02. The quantitative estimate of drug-likeness (QED) is 0.524. The zero-order valence-corrected chi connectivity index (χ0v) is 8.11. The molecular weight excluding hydrogens is 176 g/mol. The summed E-state index contributed by atoms with van der Waals surface area (Å²) in [7, 11) is 0. The maximum Gasteiger partial charge on any atom is 0.116 e. The fourth-order valence-electron chi connectivity index (χ4n) is 1.25. The molecule has 0 spiro atoms. The number of epoxide rings is 1. The van der Waals surface area contributed by atoms with E-state index in [1.54, 1.807) is 0 Å². The Morgan fingerprint density at radius 2 is 2.14 bits per heavy atom. The molecule has 14 heavy (non-hydrogen) atoms. The first kappa shape index (κ1) is 9.28. The van der Waals surface area contributed by atoms with Gasteiger partial charge < -0.3 is 9.47 Å². The number of benzene rings is 1. The van der Waals surface area contributed by atoms with Gasteiger partial charge in [0, 0.05) is 6.42 Å². The number of rotatable bonds is 5. The molecule has 1 atom stereocenters. The first-order valence-electron chi connectivity index (χ1n) is 4.81. The van der Waals surface area contributed by atoms with Crippen LogP contribution in [0.3, 0.4) is 0 Å². The molecule has 0 radical (unpaired) electrons. The standard InChI is InChI=1S/C12H14O2/c1-10(13-8-12-9-14-12)7-11-5-3-2-4-6-11/h2-6,12H,1,7-9H2. The molecule has 0 aliphatic carbocycles. The fraction of sp³-hybridized carbons (Fsp3) is 0.333. The normalized spacial score (nSPS) is 19.0. The van der Waals surface area contributed by atoms with Crippen molar-refractivity contribution in [3.05, 3.63) is 48.2 Å². The molecule has 1 aliphatic rings. The highest BCUT2D eigenvalue weighted by atomic mass is 16.6. The van der Waals surface area contributed by atoms with Crippen molar-refractivity contribution >= 4 is 0 Å². The van der Waals surface area contributed by atoms with Crippen molar-refractivity contribution in [3.63, 3.8) is 0 Å². The van der Waals surface area contributed by atoms with Crippen molar-refractivity contribution in [2.75, 3.05) is 13.2 Å². The lowest BCUT2D eigenvalue weighted by molar-refractivity contribution is 0.180. The molecule has 2 nitrogen and oxygen atoms in total. The van der Waals surface area contributed by atoms with Crippen LogP contribution in [0.2, 0.25) is 0 Å². The van der Waals surface area contributed by atoms with Crippen LogP contribution >= 0.6 is 0 Å². The minimum Gasteiger partial charge on any atom is -0.495 e. The summed E-state index contributed by atoms with van der Waals surface area (Å²) >= 11 is 0. The molecule has 1 aromatic carbocycles. The average Bonchev–Trinajstić information content (AvgIpc) is 3.00. The summed E-state index contributed by atoms with van der Waals surface area (Å²) in [4.78, 5) is 0. The highest BCUT2D eigenvalue weighted by Gasteiger charge is 2.23. The van der Waals surface area contributed by atoms with Crippen molar-refractivity contribution in [2.24, 2.45) is 0 Å². The molecule has 1 heterocycles. The average molecular weight is 190 g/mol. The van der Waals surface area contributed by atoms with E-state index in [1.165, 1.54) is 5.56 Å². The molecule has 2 heteroatoms. The van der Waals surface area contributed by atoms with Gasteiger partial charge in [-0.2, -0.15) is 0 Å². The van der Waals surface area contributed by atoms with Gasteiger partial charge in [0.15, 0.2) is 0 Å². The van der Waals surface area contributed by atoms with E-state index in [1.807, 2.05) is 18.2 Å². The molecule has 1 unspecified atom stereocenters. The van der Waals surface area contributed by atoms with E-state index in [9.17, 15) is 0 Å². The van der Waals surface area contributed by atoms with Crippen LogP contribution in [0.15, 0.2) is 42.7 Å². The predicted molar refractivity (Wildman–Crippen MR) is 55.0 cm³/mol. The van der Waals surface area contributed by atoms with Gasteiger partial charge in [0.2, 0.25) is 0 Å². The number of allylic oxidation sites excluding steroid dienone is 1. The van der Waals surface area contributed by atoms with Crippen molar-refractivity contribution in [2.45, 2.75) is 12.5 Å². The van der Waals surface area contributed by atoms with Gasteiger partial charge in [-0.1, -0.05) is 36.9 Å². The van der Waals surface area contributed by atoms with Gasteiger partial charge in [0.1, 0.15) is 12.7 Å². The van der Waals surface area contributed by atoms with E-state index in [4.69, 9.17) is 9.47 Å². The van der Waals surface area contributed by atoms with Gasteiger partial charge >= 0.3 is 0 Å². The Morgan fingerprint density at radius 3 is 2.79 bits per heavy atom. The fourth-order valence-corrected chi connectivity index (χ4v) is 1.25. The maximum absolute atomic E-state index is 5.45. The summed E-state index contributed by atoms with van der Waals surface area (Å²) < 4.78 is 10.5. The molecule has 1 aliphatic heterocycles. The Kier molecular flexibility index (Phi) is 2.84. The first-order chi connectivity index (χ1) is 6.84. The monoisotopic (exact) mass is 190 g/mol. The number of hydrogen-bond acceptors (Lipinski definition) is 2. The molecule has 0 saturated carbocycles. The third-order valence-electron chi connectivity index (χ3n) is 2.12. The summed E-state index contributed by atoms with van der Waals surface area (Å²) in [6, 6.07) is 10.2. The molecule has 1 fully saturated rings. The summed E-state index contributed by atoms with van der Waals surface area (Å²) in [5.74, 6) is 0.812. The van der Waals surface area contributed by atoms with E-state index in [2.05, 4.69) is 18.7 Å². The minimum absolute atomic E-state index is 0.308. The van der Waals surface area contributed by atoms with Gasteiger partial charge in [-0.3, -0.25) is 0 Å². The Morgan fingerprint density at radius 1 is 1.43 bits per heavy atom. The molecule has 2 rings (SSSR count). The highest BCUT2D eigenvalue weighted by molar-refractivity contribution is 5.18. The second-order valence-corrected chi connectivity index (χ2v) is 3.47. The zero-order chi connectivity index (χ0) is 9.80. The van der Waals surface area contributed by atoms with Crippen LogP contribution in [0.25, 0.3) is 0 Å². The molecule has 0 amide bonds. The van der Waals surface area contributed by atoms with Crippen LogP contribution < -0.4 is 0 Å². The van der Waals surface area contributed by atoms with Crippen LogP contribution in [-0.2, 0) is 15.9 Å². The van der Waals surface area contributed by atoms with E-state index in [0.717, 1.165) is 18.8 Å². The van der Waals surface area contributed by atoms with Crippen molar-refractivity contribution in [3.8, 4) is 0 Å². The van der Waals surface area contributed by atoms with Crippen molar-refractivity contribution < 1.29 is 9.47 Å². The Labute approximate surface area is 84.2 Å². The lowest BCUT2D eigenvalue weighted by atomic mass is 10.1. The lowest BCUT2D eigenvalue weighted by Gasteiger charge is -2.07. The van der Waals surface area contributed by atoms with E-state index >= 15 is 0 Å². The summed E-state index contributed by atoms with van der Waals surface area (Å²) in [6.45, 7) is 5.35. The third kappa shape index (κ3) is 2.89. The molecule has 74 valence electrons. The molecule has 0 aromatic heterocycles. The summed E-state index contributed by atoms with van der Waals surface area (Å²) in [5, 5.41) is 0. The smallest absolute Gasteiger partial charge is 0.116 e. The first-order valence-corrected chi connectivity index (χ1v) is 4.81. The van der Waals surface area contributed by atoms with Crippen molar-refractivity contribution in [1.29, 1.82) is 0 Å². The second-order valence-electron chi connectivity index (χ2n) is 3.47. The number of hydrogen-bond donors (Lipinski definition) is 0. The second kappa shape index (κ2) is 4.29. The van der Waals surface area contributed by atoms with Crippen LogP contribution in [0, 0.1) is 0 Å². The van der Waals surface area contributed by atoms with Crippen LogP contribution in [0.5, 0.6) is 0 Å². The van der Waals surface area contributed by atoms with Crippen molar-refractivity contribution in [1.82, 2.24) is 0 Å². The topological polar surface area (TPSA) is 21.8 Å². The summed E-state index contributed by atoms with van der Waals surface area (Å²) in [6.07, 6.45) is 1.09. The van der Waals surface area contributed by atoms with Crippen LogP contribution in [-0.4, -0.2) is 19.3 Å². The zero-order valence-electron chi connectivity index (χ0n) is 8.11. The van der Waals surface area contributed by atoms with E-state index in [-0.39, 0.29) is 0 Å². The highest BCUT2D eigenvalue weighted by Crippen LogP contribution is 2.13. The van der Waals surface area contributed by atoms with E-state index < -0.39 is 0 Å². The molecular formula is C12H14O2. The molecule has 1 saturated heterocycles. The molecule has 0 bridgehead atoms. The van der Waals surface area contributed by atoms with Gasteiger partial charge in [-0.15, -0.1) is 0 Å². The summed E-state index contributed by atoms with van der Waals surface area (Å²) in [5.41, 5.74) is 1.23. The van der Waals surface area contributed by atoms with Gasteiger partial charge in [0.25, 0.3) is 0 Å². The van der Waals surface area contributed by atoms with Gasteiger partial charge in [0.05, 0.1) is 12.4 Å². The SMILES string of the molecule is C=C(Cc1ccccc1)OCC1CO1. The van der Waals surface area contributed by atoms with Gasteiger partial charge in [-0.05, 0) is 5.56 Å². The van der Waals surface area contributed by atoms with Crippen LogP contribution in [0.1, 0.15) is 5.56 Å². The number of ether oxygens (including phenoxy) is 2. The minimum atomic E-state index is 0.308. The molecule has 1 aromatic rings. The Balaban J connectivity index is 1.76. The molecule has 0 N–H and O–H groups in total. The Bertz CT molecular complexity index is 301. The van der Waals surface area contributed by atoms with Crippen LogP contribution in [0.4, 0.5) is 0 Å². The maximum atomic E-state index is 5.45. The largest absolute Gasteiger partial charge is 0.495 e. The van der Waals surface area contributed by atoms with E-state index in [0.29, 0.717) is 12.7 Å². The van der Waals surface area contributed by atoms with Gasteiger partial charge in [-0.25, -0.2) is 0 Å². The Hall–Kier alpha value is -1.28. The third-order valence-corrected chi connectivity index (χ3v) is 2.12. The predicted octanol–water partition coefficient (Wildman–Crippen LogP) is 2.16.